The fourth-order valence-electron chi connectivity index (χ4n) is 4.77. The van der Waals surface area contributed by atoms with Crippen LogP contribution in [-0.4, -0.2) is 148 Å². The van der Waals surface area contributed by atoms with Crippen LogP contribution in [0.25, 0.3) is 0 Å². The van der Waals surface area contributed by atoms with Crippen LogP contribution in [0.5, 0.6) is 0 Å². The van der Waals surface area contributed by atoms with Crippen LogP contribution < -0.4 is 26.6 Å². The number of amides is 7. The Kier molecular flexibility index (Phi) is 31.7. The van der Waals surface area contributed by atoms with Gasteiger partial charge in [0, 0.05) is 19.6 Å². The number of likely N-dealkylation sites (tertiary alicyclic amines) is 2. The van der Waals surface area contributed by atoms with E-state index in [4.69, 9.17) is 14.2 Å². The van der Waals surface area contributed by atoms with Crippen LogP contribution >= 0.6 is 0 Å². The third-order valence-corrected chi connectivity index (χ3v) is 7.23. The van der Waals surface area contributed by atoms with E-state index in [-0.39, 0.29) is 37.9 Å². The summed E-state index contributed by atoms with van der Waals surface area (Å²) in [6.07, 6.45) is 7.83. The molecular formula is C39H71N7O12. The number of rotatable bonds is 6. The Morgan fingerprint density at radius 2 is 1.48 bits per heavy atom. The molecular weight excluding hydrogens is 758 g/mol. The first-order valence-corrected chi connectivity index (χ1v) is 20.1. The Morgan fingerprint density at radius 3 is 2.05 bits per heavy atom. The highest BCUT2D eigenvalue weighted by Crippen LogP contribution is 2.24. The van der Waals surface area contributed by atoms with E-state index in [1.165, 1.54) is 25.0 Å². The summed E-state index contributed by atoms with van der Waals surface area (Å²) in [5.41, 5.74) is -0.513. The summed E-state index contributed by atoms with van der Waals surface area (Å²) in [6, 6.07) is -1.33. The van der Waals surface area contributed by atoms with Crippen molar-refractivity contribution in [2.45, 2.75) is 125 Å². The Balaban J connectivity index is 0. The molecule has 3 aliphatic rings. The van der Waals surface area contributed by atoms with Gasteiger partial charge in [-0.3, -0.25) is 38.5 Å². The molecule has 3 aliphatic heterocycles. The number of ether oxygens (including phenoxy) is 4. The number of hydrogen-bond acceptors (Lipinski definition) is 12. The van der Waals surface area contributed by atoms with Crippen LogP contribution in [0, 0.1) is 0 Å². The van der Waals surface area contributed by atoms with Crippen molar-refractivity contribution in [2.75, 3.05) is 66.2 Å². The first-order chi connectivity index (χ1) is 27.6. The van der Waals surface area contributed by atoms with Gasteiger partial charge in [-0.15, -0.1) is 0 Å². The lowest BCUT2D eigenvalue weighted by Gasteiger charge is -2.30. The molecule has 334 valence electrons. The highest BCUT2D eigenvalue weighted by atomic mass is 16.6. The predicted octanol–water partition coefficient (Wildman–Crippen LogP) is 1.54. The van der Waals surface area contributed by atoms with Crippen molar-refractivity contribution in [1.29, 1.82) is 0 Å². The average molecular weight is 830 g/mol. The molecule has 0 bridgehead atoms. The molecule has 7 amide bonds. The summed E-state index contributed by atoms with van der Waals surface area (Å²) in [6.45, 7) is 18.7. The minimum Gasteiger partial charge on any atom is -0.468 e. The lowest BCUT2D eigenvalue weighted by atomic mass is 10.2. The van der Waals surface area contributed by atoms with Gasteiger partial charge >= 0.3 is 12.1 Å². The minimum absolute atomic E-state index is 0.0553. The molecule has 5 N–H and O–H groups in total. The molecule has 0 aliphatic carbocycles. The number of carbonyl (C=O) groups is 8. The zero-order chi connectivity index (χ0) is 44.5. The SMILES string of the molecule is CC.CC(C)(C)OC(=O)N1CCCC1C(=O)N1CCCC1.CCC.CCC.COC(=O)CNC(=O)[C@H]1NC(=O)CNC(=O)CNC(=O)C(NC=O)COC/C=C/CO1. The predicted molar refractivity (Wildman–Crippen MR) is 217 cm³/mol. The Hall–Kier alpha value is -4.78. The molecule has 19 nitrogen and oxygen atoms in total. The van der Waals surface area contributed by atoms with Crippen molar-refractivity contribution in [3.05, 3.63) is 12.2 Å². The topological polar surface area (TPSA) is 240 Å². The normalized spacial score (nSPS) is 20.6. The molecule has 0 aromatic carbocycles. The molecule has 58 heavy (non-hydrogen) atoms. The molecule has 3 atom stereocenters. The van der Waals surface area contributed by atoms with Crippen LogP contribution in [-0.2, 0) is 52.5 Å². The van der Waals surface area contributed by atoms with Crippen LogP contribution in [0.3, 0.4) is 0 Å². The molecule has 2 saturated heterocycles. The summed E-state index contributed by atoms with van der Waals surface area (Å²) < 4.78 is 20.4. The molecule has 0 spiro atoms. The van der Waals surface area contributed by atoms with Gasteiger partial charge in [-0.2, -0.15) is 0 Å². The molecule has 0 radical (unpaired) electrons. The second-order valence-corrected chi connectivity index (χ2v) is 13.7. The molecule has 2 unspecified atom stereocenters. The van der Waals surface area contributed by atoms with E-state index in [2.05, 4.69) is 59.0 Å². The quantitative estimate of drug-likeness (QED) is 0.146. The Morgan fingerprint density at radius 1 is 0.897 bits per heavy atom. The number of carbonyl (C=O) groups excluding carboxylic acids is 8. The summed E-state index contributed by atoms with van der Waals surface area (Å²) >= 11 is 0. The van der Waals surface area contributed by atoms with Crippen LogP contribution in [0.15, 0.2) is 12.2 Å². The number of nitrogens with zero attached hydrogens (tertiary/aromatic N) is 2. The van der Waals surface area contributed by atoms with Crippen molar-refractivity contribution in [2.24, 2.45) is 0 Å². The fourth-order valence-corrected chi connectivity index (χ4v) is 4.77. The standard InChI is InChI=1S/C17H25N5O9.C14H24N2O3.2C3H8.C2H6/c1-29-14(26)8-20-16(28)17-22-13(25)7-18-12(24)6-19-15(27)11(21-10-23)9-30-4-2-3-5-31-17;1-14(2,3)19-13(18)16-10-6-7-11(16)12(17)15-8-4-5-9-15;2*1-3-2;1-2/h2-3,10-11,17H,4-9H2,1H3,(H,18,24)(H,19,27)(H,20,28)(H,21,23)(H,22,25);11H,4-10H2,1-3H3;2*3H2,1-2H3;1-2H3/b3-2+;;;;/t11?,17-;;;;/m0..../s1. The molecule has 3 rings (SSSR count). The second kappa shape index (κ2) is 33.2. The zero-order valence-electron chi connectivity index (χ0n) is 36.4. The van der Waals surface area contributed by atoms with E-state index in [9.17, 15) is 38.4 Å². The molecule has 2 fully saturated rings. The number of nitrogens with one attached hydrogen (secondary N) is 5. The molecule has 0 aromatic heterocycles. The van der Waals surface area contributed by atoms with Gasteiger partial charge in [0.2, 0.25) is 36.3 Å². The Labute approximate surface area is 344 Å². The van der Waals surface area contributed by atoms with Crippen molar-refractivity contribution in [3.8, 4) is 0 Å². The van der Waals surface area contributed by atoms with Crippen molar-refractivity contribution >= 4 is 48.0 Å². The highest BCUT2D eigenvalue weighted by molar-refractivity contribution is 5.92. The maximum atomic E-state index is 12.4. The van der Waals surface area contributed by atoms with Gasteiger partial charge in [0.15, 0.2) is 0 Å². The lowest BCUT2D eigenvalue weighted by molar-refractivity contribution is -0.144. The van der Waals surface area contributed by atoms with Crippen LogP contribution in [0.2, 0.25) is 0 Å². The van der Waals surface area contributed by atoms with E-state index in [0.717, 1.165) is 45.9 Å². The van der Waals surface area contributed by atoms with Gasteiger partial charge in [0.1, 0.15) is 24.2 Å². The summed E-state index contributed by atoms with van der Waals surface area (Å²) in [4.78, 5) is 97.9. The summed E-state index contributed by atoms with van der Waals surface area (Å²) in [5.74, 6) is -3.49. The second-order valence-electron chi connectivity index (χ2n) is 13.7. The van der Waals surface area contributed by atoms with Crippen molar-refractivity contribution in [3.63, 3.8) is 0 Å². The minimum atomic E-state index is -1.45. The number of methoxy groups -OCH3 is 1. The fraction of sp³-hybridized carbons (Fsp3) is 0.744. The highest BCUT2D eigenvalue weighted by Gasteiger charge is 2.39. The Bertz CT molecular complexity index is 1270. The number of hydrogen-bond donors (Lipinski definition) is 5. The molecule has 3 heterocycles. The van der Waals surface area contributed by atoms with Gasteiger partial charge in [0.25, 0.3) is 5.91 Å². The number of esters is 1. The maximum Gasteiger partial charge on any atom is 0.410 e. The summed E-state index contributed by atoms with van der Waals surface area (Å²) in [7, 11) is 1.15. The van der Waals surface area contributed by atoms with Crippen molar-refractivity contribution < 1.29 is 57.3 Å². The maximum absolute atomic E-state index is 12.4. The van der Waals surface area contributed by atoms with Crippen LogP contribution in [0.4, 0.5) is 4.79 Å². The smallest absolute Gasteiger partial charge is 0.410 e. The summed E-state index contributed by atoms with van der Waals surface area (Å²) in [5, 5.41) is 11.3. The van der Waals surface area contributed by atoms with Gasteiger partial charge in [-0.25, -0.2) is 4.79 Å². The zero-order valence-corrected chi connectivity index (χ0v) is 36.4. The van der Waals surface area contributed by atoms with Gasteiger partial charge in [-0.05, 0) is 46.5 Å². The van der Waals surface area contributed by atoms with E-state index in [1.54, 1.807) is 4.90 Å². The first-order valence-electron chi connectivity index (χ1n) is 20.1. The third kappa shape index (κ3) is 25.5. The molecule has 0 aromatic rings. The van der Waals surface area contributed by atoms with E-state index in [0.29, 0.717) is 13.0 Å². The largest absolute Gasteiger partial charge is 0.468 e. The van der Waals surface area contributed by atoms with E-state index < -0.39 is 67.1 Å². The van der Waals surface area contributed by atoms with Crippen molar-refractivity contribution in [1.82, 2.24) is 36.4 Å². The molecule has 0 saturated carbocycles. The lowest BCUT2D eigenvalue weighted by Crippen LogP contribution is -2.52. The first kappa shape index (κ1) is 55.3. The van der Waals surface area contributed by atoms with Gasteiger partial charge in [-0.1, -0.05) is 66.5 Å². The third-order valence-electron chi connectivity index (χ3n) is 7.23. The average Bonchev–Trinajstić information content (AvgIpc) is 3.91. The van der Waals surface area contributed by atoms with E-state index >= 15 is 0 Å². The van der Waals surface area contributed by atoms with Gasteiger partial charge in [0.05, 0.1) is 40.0 Å². The molecule has 19 heteroatoms. The van der Waals surface area contributed by atoms with Crippen LogP contribution in [0.1, 0.15) is 101 Å². The van der Waals surface area contributed by atoms with Gasteiger partial charge < -0.3 is 50.4 Å². The monoisotopic (exact) mass is 830 g/mol. The van der Waals surface area contributed by atoms with E-state index in [1.807, 2.05) is 39.5 Å².